The summed E-state index contributed by atoms with van der Waals surface area (Å²) >= 11 is 17.3. The predicted molar refractivity (Wildman–Crippen MR) is 82.4 cm³/mol. The molecule has 9 heteroatoms. The third-order valence-corrected chi connectivity index (χ3v) is 3.06. The Balaban J connectivity index is 1.91. The minimum Gasteiger partial charge on any atom is -0.451 e. The molecule has 1 N–H and O–H groups in total. The van der Waals surface area contributed by atoms with Crippen LogP contribution in [0.3, 0.4) is 0 Å². The Hall–Kier alpha value is -1.89. The van der Waals surface area contributed by atoms with Gasteiger partial charge in [-0.1, -0.05) is 34.8 Å². The van der Waals surface area contributed by atoms with Crippen molar-refractivity contribution in [1.82, 2.24) is 9.97 Å². The van der Waals surface area contributed by atoms with E-state index in [1.807, 2.05) is 0 Å². The molecule has 0 bridgehead atoms. The van der Waals surface area contributed by atoms with Gasteiger partial charge in [0.2, 0.25) is 0 Å². The van der Waals surface area contributed by atoms with E-state index in [0.29, 0.717) is 10.0 Å². The van der Waals surface area contributed by atoms with Crippen molar-refractivity contribution in [3.05, 3.63) is 51.4 Å². The van der Waals surface area contributed by atoms with Crippen molar-refractivity contribution in [2.75, 3.05) is 11.9 Å². The molecule has 0 aliphatic rings. The molecule has 0 spiro atoms. The van der Waals surface area contributed by atoms with Gasteiger partial charge in [0.05, 0.1) is 10.0 Å². The van der Waals surface area contributed by atoms with Gasteiger partial charge >= 0.3 is 5.97 Å². The van der Waals surface area contributed by atoms with Gasteiger partial charge in [-0.3, -0.25) is 4.79 Å². The average Bonchev–Trinajstić information content (AvgIpc) is 2.47. The third-order valence-electron chi connectivity index (χ3n) is 2.33. The number of amides is 1. The van der Waals surface area contributed by atoms with Gasteiger partial charge in [-0.2, -0.15) is 0 Å². The smallest absolute Gasteiger partial charge is 0.357 e. The number of ether oxygens (including phenoxy) is 1. The van der Waals surface area contributed by atoms with Crippen LogP contribution in [0.2, 0.25) is 15.1 Å². The number of rotatable bonds is 4. The lowest BCUT2D eigenvalue weighted by atomic mass is 10.3. The lowest BCUT2D eigenvalue weighted by molar-refractivity contribution is -0.119. The molecule has 0 unspecified atom stereocenters. The van der Waals surface area contributed by atoms with Crippen molar-refractivity contribution in [2.45, 2.75) is 0 Å². The van der Waals surface area contributed by atoms with E-state index in [9.17, 15) is 9.59 Å². The number of carbonyl (C=O) groups excluding carboxylic acids is 2. The van der Waals surface area contributed by atoms with Crippen molar-refractivity contribution < 1.29 is 14.3 Å². The second-order valence-corrected chi connectivity index (χ2v) is 5.25. The first kappa shape index (κ1) is 16.5. The fourth-order valence-electron chi connectivity index (χ4n) is 1.40. The van der Waals surface area contributed by atoms with E-state index >= 15 is 0 Å². The van der Waals surface area contributed by atoms with Gasteiger partial charge in [-0.25, -0.2) is 14.8 Å². The minimum absolute atomic E-state index is 0.00273. The Labute approximate surface area is 140 Å². The van der Waals surface area contributed by atoms with E-state index in [1.165, 1.54) is 30.6 Å². The number of halogens is 3. The van der Waals surface area contributed by atoms with Crippen LogP contribution in [0.1, 0.15) is 10.5 Å². The molecule has 0 aliphatic heterocycles. The van der Waals surface area contributed by atoms with Crippen LogP contribution in [-0.2, 0) is 9.53 Å². The molecule has 2 heterocycles. The van der Waals surface area contributed by atoms with Crippen LogP contribution in [0.15, 0.2) is 30.6 Å². The zero-order valence-electron chi connectivity index (χ0n) is 10.8. The molecule has 2 aromatic heterocycles. The molecule has 22 heavy (non-hydrogen) atoms. The van der Waals surface area contributed by atoms with Gasteiger partial charge in [-0.15, -0.1) is 0 Å². The molecule has 0 radical (unpaired) electrons. The molecule has 0 saturated heterocycles. The van der Waals surface area contributed by atoms with Crippen LogP contribution in [0.5, 0.6) is 0 Å². The third kappa shape index (κ3) is 4.56. The maximum atomic E-state index is 11.7. The second-order valence-electron chi connectivity index (χ2n) is 3.97. The summed E-state index contributed by atoms with van der Waals surface area (Å²) in [6, 6.07) is 4.27. The highest BCUT2D eigenvalue weighted by Gasteiger charge is 2.13. The Morgan fingerprint density at radius 2 is 1.91 bits per heavy atom. The first-order valence-corrected chi connectivity index (χ1v) is 6.98. The van der Waals surface area contributed by atoms with Crippen LogP contribution < -0.4 is 5.32 Å². The molecule has 114 valence electrons. The number of hydrogen-bond acceptors (Lipinski definition) is 5. The lowest BCUT2D eigenvalue weighted by Crippen LogP contribution is -2.22. The number of nitrogens with zero attached hydrogens (tertiary/aromatic N) is 2. The maximum Gasteiger partial charge on any atom is 0.357 e. The van der Waals surface area contributed by atoms with E-state index in [0.717, 1.165) is 0 Å². The summed E-state index contributed by atoms with van der Waals surface area (Å²) in [7, 11) is 0. The monoisotopic (exact) mass is 359 g/mol. The van der Waals surface area contributed by atoms with Crippen molar-refractivity contribution in [1.29, 1.82) is 0 Å². The number of hydrogen-bond donors (Lipinski definition) is 1. The number of esters is 1. The van der Waals surface area contributed by atoms with Crippen molar-refractivity contribution in [3.63, 3.8) is 0 Å². The van der Waals surface area contributed by atoms with Gasteiger partial charge in [0.15, 0.2) is 12.4 Å². The second kappa shape index (κ2) is 7.40. The highest BCUT2D eigenvalue weighted by Crippen LogP contribution is 2.22. The summed E-state index contributed by atoms with van der Waals surface area (Å²) in [6.45, 7) is -0.520. The molecule has 2 rings (SSSR count). The predicted octanol–water partition coefficient (Wildman–Crippen LogP) is 3.23. The Morgan fingerprint density at radius 3 is 2.59 bits per heavy atom. The first-order chi connectivity index (χ1) is 10.5. The van der Waals surface area contributed by atoms with Crippen LogP contribution in [0.4, 0.5) is 5.82 Å². The first-order valence-electron chi connectivity index (χ1n) is 5.85. The molecule has 0 saturated carbocycles. The highest BCUT2D eigenvalue weighted by atomic mass is 35.5. The molecule has 1 amide bonds. The van der Waals surface area contributed by atoms with E-state index in [-0.39, 0.29) is 16.5 Å². The SMILES string of the molecule is O=C(COC(=O)c1cc(Cl)ccn1)Nc1ncc(Cl)cc1Cl. The van der Waals surface area contributed by atoms with E-state index in [2.05, 4.69) is 15.3 Å². The Morgan fingerprint density at radius 1 is 1.14 bits per heavy atom. The fraction of sp³-hybridized carbons (Fsp3) is 0.0769. The maximum absolute atomic E-state index is 11.7. The summed E-state index contributed by atoms with van der Waals surface area (Å²) in [5.74, 6) is -1.26. The number of pyridine rings is 2. The topological polar surface area (TPSA) is 81.2 Å². The van der Waals surface area contributed by atoms with Gasteiger partial charge in [0.25, 0.3) is 5.91 Å². The van der Waals surface area contributed by atoms with Crippen molar-refractivity contribution in [2.24, 2.45) is 0 Å². The van der Waals surface area contributed by atoms with Crippen LogP contribution in [-0.4, -0.2) is 28.5 Å². The molecule has 2 aromatic rings. The normalized spacial score (nSPS) is 10.1. The molecule has 6 nitrogen and oxygen atoms in total. The number of aromatic nitrogens is 2. The van der Waals surface area contributed by atoms with Gasteiger partial charge < -0.3 is 10.1 Å². The van der Waals surface area contributed by atoms with Crippen molar-refractivity contribution in [3.8, 4) is 0 Å². The summed E-state index contributed by atoms with van der Waals surface area (Å²) in [5.41, 5.74) is 0.00273. The lowest BCUT2D eigenvalue weighted by Gasteiger charge is -2.07. The number of nitrogens with one attached hydrogen (secondary N) is 1. The molecular weight excluding hydrogens is 353 g/mol. The van der Waals surface area contributed by atoms with Crippen LogP contribution >= 0.6 is 34.8 Å². The highest BCUT2D eigenvalue weighted by molar-refractivity contribution is 6.36. The van der Waals surface area contributed by atoms with Gasteiger partial charge in [0, 0.05) is 17.4 Å². The van der Waals surface area contributed by atoms with Crippen LogP contribution in [0, 0.1) is 0 Å². The molecule has 0 fully saturated rings. The zero-order valence-corrected chi connectivity index (χ0v) is 13.1. The summed E-state index contributed by atoms with van der Waals surface area (Å²) < 4.78 is 4.81. The number of anilines is 1. The largest absolute Gasteiger partial charge is 0.451 e. The molecule has 0 aliphatic carbocycles. The molecular formula is C13H8Cl3N3O3. The molecule has 0 aromatic carbocycles. The summed E-state index contributed by atoms with van der Waals surface area (Å²) in [4.78, 5) is 31.0. The van der Waals surface area contributed by atoms with E-state index in [4.69, 9.17) is 39.5 Å². The van der Waals surface area contributed by atoms with E-state index in [1.54, 1.807) is 0 Å². The summed E-state index contributed by atoms with van der Waals surface area (Å²) in [5, 5.41) is 3.23. The van der Waals surface area contributed by atoms with E-state index < -0.39 is 18.5 Å². The fourth-order valence-corrected chi connectivity index (χ4v) is 1.98. The Kier molecular flexibility index (Phi) is 5.54. The Bertz CT molecular complexity index is 725. The summed E-state index contributed by atoms with van der Waals surface area (Å²) in [6.07, 6.45) is 2.68. The minimum atomic E-state index is -0.771. The number of carbonyl (C=O) groups is 2. The standard InChI is InChI=1S/C13H8Cl3N3O3/c14-7-1-2-17-10(4-7)13(21)22-6-11(20)19-12-9(16)3-8(15)5-18-12/h1-5H,6H2,(H,18,19,20). The average molecular weight is 361 g/mol. The molecule has 0 atom stereocenters. The van der Waals surface area contributed by atoms with Gasteiger partial charge in [-0.05, 0) is 18.2 Å². The van der Waals surface area contributed by atoms with Crippen molar-refractivity contribution >= 4 is 52.5 Å². The van der Waals surface area contributed by atoms with Gasteiger partial charge in [0.1, 0.15) is 5.69 Å². The van der Waals surface area contributed by atoms with Crippen LogP contribution in [0.25, 0.3) is 0 Å². The zero-order chi connectivity index (χ0) is 16.1. The quantitative estimate of drug-likeness (QED) is 0.847.